The molecule has 1 saturated carbocycles. The zero-order valence-electron chi connectivity index (χ0n) is 22.6. The number of amides is 2. The quantitative estimate of drug-likeness (QED) is 0.345. The number of ketones is 1. The molecule has 7 nitrogen and oxygen atoms in total. The van der Waals surface area contributed by atoms with Crippen LogP contribution >= 0.6 is 0 Å². The fraction of sp³-hybridized carbons (Fsp3) is 0.273. The minimum atomic E-state index is -0.297. The molecule has 5 rings (SSSR count). The van der Waals surface area contributed by atoms with E-state index < -0.39 is 0 Å². The number of nitrogens with one attached hydrogen (secondary N) is 1. The summed E-state index contributed by atoms with van der Waals surface area (Å²) in [6.45, 7) is 1.76. The van der Waals surface area contributed by atoms with Gasteiger partial charge in [0.25, 0.3) is 5.91 Å². The largest absolute Gasteiger partial charge is 0.466 e. The van der Waals surface area contributed by atoms with Gasteiger partial charge in [-0.2, -0.15) is 0 Å². The maximum absolute atomic E-state index is 13.7. The lowest BCUT2D eigenvalue weighted by molar-refractivity contribution is -0.136. The Bertz CT molecular complexity index is 1420. The van der Waals surface area contributed by atoms with Gasteiger partial charge in [-0.1, -0.05) is 73.5 Å². The molecular formula is C33H33N3O4. The van der Waals surface area contributed by atoms with Crippen LogP contribution in [0, 0.1) is 5.92 Å². The van der Waals surface area contributed by atoms with Gasteiger partial charge in [-0.3, -0.25) is 14.4 Å². The molecule has 2 amide bonds. The Hall–Kier alpha value is -4.52. The molecule has 3 aromatic carbocycles. The number of hydrogen-bond acceptors (Lipinski definition) is 5. The molecule has 1 fully saturated rings. The summed E-state index contributed by atoms with van der Waals surface area (Å²) in [7, 11) is 0. The molecule has 0 radical (unpaired) electrons. The van der Waals surface area contributed by atoms with E-state index in [0.29, 0.717) is 18.1 Å². The molecule has 0 spiro atoms. The number of allylic oxidation sites excluding steroid dienone is 1. The summed E-state index contributed by atoms with van der Waals surface area (Å²) in [6, 6.07) is 24.9. The van der Waals surface area contributed by atoms with Crippen LogP contribution in [-0.2, 0) is 25.7 Å². The van der Waals surface area contributed by atoms with E-state index in [-0.39, 0.29) is 36.0 Å². The molecule has 3 aromatic rings. The van der Waals surface area contributed by atoms with Crippen molar-refractivity contribution >= 4 is 35.3 Å². The van der Waals surface area contributed by atoms with Crippen molar-refractivity contribution in [1.82, 2.24) is 5.01 Å². The standard InChI is InChI=1S/C33H33N3O4/c1-23(37)15-18-25-9-7-8-14-29(25)34-32(39)31(26-10-5-6-11-26)27-19-16-24(17-20-27)21-36-30(38)22-40-33(35-36)28-12-3-2-4-13-28/h2-4,7-9,12-20,26,31H,5-6,10-11,21-22H2,1H3,(H,34,39)/b18-15+. The second-order valence-corrected chi connectivity index (χ2v) is 10.3. The van der Waals surface area contributed by atoms with Crippen molar-refractivity contribution in [3.63, 3.8) is 0 Å². The van der Waals surface area contributed by atoms with E-state index in [1.54, 1.807) is 6.08 Å². The first-order valence-corrected chi connectivity index (χ1v) is 13.7. The number of carbonyl (C=O) groups is 3. The zero-order chi connectivity index (χ0) is 27.9. The summed E-state index contributed by atoms with van der Waals surface area (Å²) in [5.74, 6) is 0.0750. The minimum Gasteiger partial charge on any atom is -0.466 e. The lowest BCUT2D eigenvalue weighted by Crippen LogP contribution is -2.36. The maximum atomic E-state index is 13.7. The highest BCUT2D eigenvalue weighted by Gasteiger charge is 2.32. The lowest BCUT2D eigenvalue weighted by Gasteiger charge is -2.25. The third-order valence-electron chi connectivity index (χ3n) is 7.39. The van der Waals surface area contributed by atoms with Gasteiger partial charge in [0.05, 0.1) is 12.5 Å². The Morgan fingerprint density at radius 3 is 2.42 bits per heavy atom. The molecule has 1 unspecified atom stereocenters. The van der Waals surface area contributed by atoms with Gasteiger partial charge in [0.15, 0.2) is 12.4 Å². The van der Waals surface area contributed by atoms with Crippen LogP contribution in [0.1, 0.15) is 60.8 Å². The smallest absolute Gasteiger partial charge is 0.281 e. The number of hydrogen-bond donors (Lipinski definition) is 1. The van der Waals surface area contributed by atoms with Crippen molar-refractivity contribution < 1.29 is 19.1 Å². The third kappa shape index (κ3) is 6.54. The van der Waals surface area contributed by atoms with E-state index in [9.17, 15) is 14.4 Å². The number of benzene rings is 3. The van der Waals surface area contributed by atoms with Crippen molar-refractivity contribution in [2.75, 3.05) is 11.9 Å². The molecule has 1 heterocycles. The Kier molecular flexibility index (Phi) is 8.50. The van der Waals surface area contributed by atoms with Crippen molar-refractivity contribution in [3.05, 3.63) is 107 Å². The Balaban J connectivity index is 1.34. The predicted octanol–water partition coefficient (Wildman–Crippen LogP) is 5.92. The van der Waals surface area contributed by atoms with Crippen LogP contribution in [0.4, 0.5) is 5.69 Å². The third-order valence-corrected chi connectivity index (χ3v) is 7.39. The molecule has 40 heavy (non-hydrogen) atoms. The lowest BCUT2D eigenvalue weighted by atomic mass is 9.83. The first-order chi connectivity index (χ1) is 19.5. The van der Waals surface area contributed by atoms with Gasteiger partial charge in [-0.25, -0.2) is 5.01 Å². The SMILES string of the molecule is CC(=O)/C=C/c1ccccc1NC(=O)C(c1ccc(CN2N=C(c3ccccc3)OCC2=O)cc1)C1CCCC1. The predicted molar refractivity (Wildman–Crippen MR) is 155 cm³/mol. The second kappa shape index (κ2) is 12.6. The van der Waals surface area contributed by atoms with Crippen LogP contribution in [0.3, 0.4) is 0 Å². The summed E-state index contributed by atoms with van der Waals surface area (Å²) in [4.78, 5) is 37.7. The molecule has 0 bridgehead atoms. The molecule has 204 valence electrons. The van der Waals surface area contributed by atoms with Gasteiger partial charge in [0.2, 0.25) is 11.8 Å². The van der Waals surface area contributed by atoms with Crippen LogP contribution in [0.5, 0.6) is 0 Å². The summed E-state index contributed by atoms with van der Waals surface area (Å²) in [5, 5.41) is 9.01. The van der Waals surface area contributed by atoms with Crippen LogP contribution in [-0.4, -0.2) is 35.1 Å². The van der Waals surface area contributed by atoms with Crippen molar-refractivity contribution in [2.45, 2.75) is 45.1 Å². The number of anilines is 1. The van der Waals surface area contributed by atoms with E-state index in [0.717, 1.165) is 47.9 Å². The number of para-hydroxylation sites is 1. The monoisotopic (exact) mass is 535 g/mol. The van der Waals surface area contributed by atoms with E-state index in [1.807, 2.05) is 78.9 Å². The van der Waals surface area contributed by atoms with Crippen molar-refractivity contribution in [3.8, 4) is 0 Å². The average molecular weight is 536 g/mol. The molecular weight excluding hydrogens is 502 g/mol. The highest BCUT2D eigenvalue weighted by molar-refractivity contribution is 5.99. The van der Waals surface area contributed by atoms with Crippen LogP contribution in [0.2, 0.25) is 0 Å². The molecule has 1 N–H and O–H groups in total. The van der Waals surface area contributed by atoms with Crippen LogP contribution in [0.15, 0.2) is 90.0 Å². The van der Waals surface area contributed by atoms with Gasteiger partial charge in [0.1, 0.15) is 0 Å². The summed E-state index contributed by atoms with van der Waals surface area (Å²) < 4.78 is 5.56. The number of hydrazone groups is 1. The number of carbonyl (C=O) groups excluding carboxylic acids is 3. The number of rotatable bonds is 9. The molecule has 0 aromatic heterocycles. The second-order valence-electron chi connectivity index (χ2n) is 10.3. The van der Waals surface area contributed by atoms with Gasteiger partial charge in [-0.05, 0) is 72.7 Å². The van der Waals surface area contributed by atoms with E-state index in [4.69, 9.17) is 4.74 Å². The molecule has 1 aliphatic carbocycles. The van der Waals surface area contributed by atoms with Crippen molar-refractivity contribution in [2.24, 2.45) is 11.0 Å². The Morgan fingerprint density at radius 1 is 1.00 bits per heavy atom. The van der Waals surface area contributed by atoms with Crippen LogP contribution in [0.25, 0.3) is 6.08 Å². The maximum Gasteiger partial charge on any atom is 0.281 e. The van der Waals surface area contributed by atoms with Crippen LogP contribution < -0.4 is 5.32 Å². The van der Waals surface area contributed by atoms with E-state index in [1.165, 1.54) is 18.0 Å². The molecule has 1 atom stereocenters. The van der Waals surface area contributed by atoms with E-state index in [2.05, 4.69) is 10.4 Å². The molecule has 1 aliphatic heterocycles. The normalized spacial score (nSPS) is 16.5. The molecule has 0 saturated heterocycles. The summed E-state index contributed by atoms with van der Waals surface area (Å²) >= 11 is 0. The average Bonchev–Trinajstić information content (AvgIpc) is 3.49. The zero-order valence-corrected chi connectivity index (χ0v) is 22.6. The fourth-order valence-corrected chi connectivity index (χ4v) is 5.35. The topological polar surface area (TPSA) is 88.1 Å². The first kappa shape index (κ1) is 27.1. The van der Waals surface area contributed by atoms with Gasteiger partial charge in [-0.15, -0.1) is 5.10 Å². The van der Waals surface area contributed by atoms with Gasteiger partial charge >= 0.3 is 0 Å². The van der Waals surface area contributed by atoms with Crippen molar-refractivity contribution in [1.29, 1.82) is 0 Å². The first-order valence-electron chi connectivity index (χ1n) is 13.7. The Morgan fingerprint density at radius 2 is 1.70 bits per heavy atom. The van der Waals surface area contributed by atoms with E-state index >= 15 is 0 Å². The molecule has 7 heteroatoms. The highest BCUT2D eigenvalue weighted by atomic mass is 16.5. The fourth-order valence-electron chi connectivity index (χ4n) is 5.35. The Labute approximate surface area is 234 Å². The minimum absolute atomic E-state index is 0.0502. The van der Waals surface area contributed by atoms with Gasteiger partial charge < -0.3 is 10.1 Å². The summed E-state index contributed by atoms with van der Waals surface area (Å²) in [5.41, 5.74) is 4.16. The number of ether oxygens (including phenoxy) is 1. The highest BCUT2D eigenvalue weighted by Crippen LogP contribution is 2.38. The summed E-state index contributed by atoms with van der Waals surface area (Å²) in [6.07, 6.45) is 7.48. The molecule has 2 aliphatic rings. The van der Waals surface area contributed by atoms with Gasteiger partial charge in [0, 0.05) is 11.3 Å². The number of nitrogens with zero attached hydrogens (tertiary/aromatic N) is 2.